The number of nitrogens with zero attached hydrogens (tertiary/aromatic N) is 1. The van der Waals surface area contributed by atoms with Crippen molar-refractivity contribution >= 4 is 35.1 Å². The van der Waals surface area contributed by atoms with Gasteiger partial charge in [-0.1, -0.05) is 23.2 Å². The molecule has 1 fully saturated rings. The van der Waals surface area contributed by atoms with Gasteiger partial charge in [-0.05, 0) is 36.6 Å². The van der Waals surface area contributed by atoms with Crippen molar-refractivity contribution < 1.29 is 32.6 Å². The van der Waals surface area contributed by atoms with Crippen LogP contribution in [0.4, 0.5) is 13.2 Å². The van der Waals surface area contributed by atoms with Gasteiger partial charge in [0, 0.05) is 29.7 Å². The van der Waals surface area contributed by atoms with Crippen LogP contribution in [0.1, 0.15) is 24.1 Å². The largest absolute Gasteiger partial charge is 0.490 e. The Labute approximate surface area is 169 Å². The third kappa shape index (κ3) is 5.50. The molecule has 0 bridgehead atoms. The van der Waals surface area contributed by atoms with Crippen LogP contribution < -0.4 is 5.32 Å². The van der Waals surface area contributed by atoms with E-state index in [-0.39, 0.29) is 11.9 Å². The number of morpholine rings is 1. The Bertz CT molecular complexity index is 740. The Morgan fingerprint density at radius 2 is 1.96 bits per heavy atom. The second-order valence-electron chi connectivity index (χ2n) is 6.28. The number of carboxylic acids is 1. The van der Waals surface area contributed by atoms with Crippen molar-refractivity contribution in [2.75, 3.05) is 26.2 Å². The van der Waals surface area contributed by atoms with E-state index in [1.807, 2.05) is 17.9 Å². The number of alkyl halides is 3. The first kappa shape index (κ1) is 22.7. The topological polar surface area (TPSA) is 78.9 Å². The minimum Gasteiger partial charge on any atom is -0.475 e. The Hall–Kier alpha value is -1.55. The van der Waals surface area contributed by atoms with E-state index in [1.54, 1.807) is 6.07 Å². The summed E-state index contributed by atoms with van der Waals surface area (Å²) in [5, 5.41) is 11.6. The first-order chi connectivity index (χ1) is 13.0. The van der Waals surface area contributed by atoms with Gasteiger partial charge in [-0.2, -0.15) is 13.2 Å². The fraction of sp³-hybridized carbons (Fsp3) is 0.529. The van der Waals surface area contributed by atoms with E-state index in [9.17, 15) is 18.0 Å². The summed E-state index contributed by atoms with van der Waals surface area (Å²) in [5.41, 5.74) is 2.14. The van der Waals surface area contributed by atoms with Crippen molar-refractivity contribution in [3.63, 3.8) is 0 Å². The van der Waals surface area contributed by atoms with Gasteiger partial charge in [-0.15, -0.1) is 0 Å². The van der Waals surface area contributed by atoms with Crippen LogP contribution in [0.2, 0.25) is 10.0 Å². The lowest BCUT2D eigenvalue weighted by Gasteiger charge is -2.38. The predicted molar refractivity (Wildman–Crippen MR) is 96.6 cm³/mol. The predicted octanol–water partition coefficient (Wildman–Crippen LogP) is 3.06. The van der Waals surface area contributed by atoms with Crippen LogP contribution in [0, 0.1) is 0 Å². The number of carboxylic acid groups (broad SMARTS) is 1. The second kappa shape index (κ2) is 9.30. The maximum absolute atomic E-state index is 12.6. The summed E-state index contributed by atoms with van der Waals surface area (Å²) in [6.45, 7) is 4.62. The SMILES string of the molecule is C[C@H]1c2c(Cl)cc(Cl)cc2CCN1C(=O)[C@H]1CNCCO1.O=C(O)C(F)(F)F. The van der Waals surface area contributed by atoms with Crippen molar-refractivity contribution in [2.45, 2.75) is 31.7 Å². The summed E-state index contributed by atoms with van der Waals surface area (Å²) < 4.78 is 37.3. The molecule has 0 aliphatic carbocycles. The quantitative estimate of drug-likeness (QED) is 0.698. The molecule has 2 heterocycles. The average Bonchev–Trinajstić information content (AvgIpc) is 2.61. The number of carbonyl (C=O) groups is 2. The number of hydrogen-bond donors (Lipinski definition) is 2. The Morgan fingerprint density at radius 1 is 1.32 bits per heavy atom. The van der Waals surface area contributed by atoms with Crippen LogP contribution in [0.15, 0.2) is 12.1 Å². The molecule has 2 aliphatic heterocycles. The van der Waals surface area contributed by atoms with Gasteiger partial charge in [-0.3, -0.25) is 4.79 Å². The zero-order chi connectivity index (χ0) is 21.1. The number of carbonyl (C=O) groups excluding carboxylic acids is 1. The van der Waals surface area contributed by atoms with Crippen molar-refractivity contribution in [1.82, 2.24) is 10.2 Å². The summed E-state index contributed by atoms with van der Waals surface area (Å²) >= 11 is 12.4. The molecule has 0 spiro atoms. The Balaban J connectivity index is 0.000000345. The van der Waals surface area contributed by atoms with Gasteiger partial charge < -0.3 is 20.1 Å². The summed E-state index contributed by atoms with van der Waals surface area (Å²) in [4.78, 5) is 23.4. The zero-order valence-electron chi connectivity index (χ0n) is 14.9. The van der Waals surface area contributed by atoms with Crippen molar-refractivity contribution in [2.24, 2.45) is 0 Å². The highest BCUT2D eigenvalue weighted by Gasteiger charge is 2.38. The molecule has 28 heavy (non-hydrogen) atoms. The molecule has 1 saturated heterocycles. The van der Waals surface area contributed by atoms with E-state index in [2.05, 4.69) is 5.32 Å². The first-order valence-electron chi connectivity index (χ1n) is 8.43. The monoisotopic (exact) mass is 442 g/mol. The summed E-state index contributed by atoms with van der Waals surface area (Å²) in [6.07, 6.45) is -4.71. The number of halogens is 5. The molecule has 1 aromatic carbocycles. The van der Waals surface area contributed by atoms with Gasteiger partial charge >= 0.3 is 12.1 Å². The number of ether oxygens (including phenoxy) is 1. The molecule has 2 aliphatic rings. The number of rotatable bonds is 1. The lowest BCUT2D eigenvalue weighted by molar-refractivity contribution is -0.192. The highest BCUT2D eigenvalue weighted by molar-refractivity contribution is 6.35. The number of aliphatic carboxylic acids is 1. The summed E-state index contributed by atoms with van der Waals surface area (Å²) in [5.74, 6) is -2.72. The number of nitrogens with one attached hydrogen (secondary N) is 1. The molecule has 0 aromatic heterocycles. The highest BCUT2D eigenvalue weighted by atomic mass is 35.5. The van der Waals surface area contributed by atoms with Crippen LogP contribution in [-0.2, 0) is 20.7 Å². The van der Waals surface area contributed by atoms with Crippen LogP contribution in [0.3, 0.4) is 0 Å². The van der Waals surface area contributed by atoms with Gasteiger partial charge in [0.1, 0.15) is 6.10 Å². The molecule has 0 unspecified atom stereocenters. The molecule has 3 rings (SSSR count). The number of benzene rings is 1. The van der Waals surface area contributed by atoms with E-state index in [0.717, 1.165) is 24.1 Å². The van der Waals surface area contributed by atoms with Gasteiger partial charge in [0.2, 0.25) is 0 Å². The zero-order valence-corrected chi connectivity index (χ0v) is 16.4. The molecule has 156 valence electrons. The van der Waals surface area contributed by atoms with Crippen LogP contribution in [0.25, 0.3) is 0 Å². The van der Waals surface area contributed by atoms with Crippen LogP contribution >= 0.6 is 23.2 Å². The summed E-state index contributed by atoms with van der Waals surface area (Å²) in [6, 6.07) is 3.63. The van der Waals surface area contributed by atoms with Gasteiger partial charge in [0.05, 0.1) is 12.6 Å². The van der Waals surface area contributed by atoms with E-state index in [0.29, 0.717) is 29.7 Å². The Kier molecular flexibility index (Phi) is 7.55. The highest BCUT2D eigenvalue weighted by Crippen LogP contribution is 2.37. The maximum Gasteiger partial charge on any atom is 0.490 e. The van der Waals surface area contributed by atoms with E-state index >= 15 is 0 Å². The molecule has 2 N–H and O–H groups in total. The molecule has 1 amide bonds. The van der Waals surface area contributed by atoms with Gasteiger partial charge in [0.25, 0.3) is 5.91 Å². The Morgan fingerprint density at radius 3 is 2.50 bits per heavy atom. The van der Waals surface area contributed by atoms with Crippen LogP contribution in [-0.4, -0.2) is 60.4 Å². The molecule has 1 aromatic rings. The van der Waals surface area contributed by atoms with E-state index in [4.69, 9.17) is 37.8 Å². The number of amides is 1. The molecule has 6 nitrogen and oxygen atoms in total. The van der Waals surface area contributed by atoms with Crippen molar-refractivity contribution in [3.05, 3.63) is 33.3 Å². The number of hydrogen-bond acceptors (Lipinski definition) is 4. The molecule has 11 heteroatoms. The normalized spacial score (nSPS) is 22.0. The van der Waals surface area contributed by atoms with Crippen LogP contribution in [0.5, 0.6) is 0 Å². The second-order valence-corrected chi connectivity index (χ2v) is 7.13. The first-order valence-corrected chi connectivity index (χ1v) is 9.18. The molecular weight excluding hydrogens is 424 g/mol. The summed E-state index contributed by atoms with van der Waals surface area (Å²) in [7, 11) is 0. The van der Waals surface area contributed by atoms with Gasteiger partial charge in [-0.25, -0.2) is 4.79 Å². The fourth-order valence-corrected chi connectivity index (χ4v) is 3.81. The van der Waals surface area contributed by atoms with E-state index < -0.39 is 18.2 Å². The van der Waals surface area contributed by atoms with E-state index in [1.165, 1.54) is 0 Å². The van der Waals surface area contributed by atoms with Crippen molar-refractivity contribution in [3.8, 4) is 0 Å². The van der Waals surface area contributed by atoms with Crippen molar-refractivity contribution in [1.29, 1.82) is 0 Å². The molecule has 0 saturated carbocycles. The lowest BCUT2D eigenvalue weighted by atomic mass is 9.93. The molecular formula is C17H19Cl2F3N2O4. The standard InChI is InChI=1S/C15H18Cl2N2O2.C2HF3O2/c1-9-14-10(6-11(16)7-12(14)17)2-4-19(9)15(20)13-8-18-3-5-21-13;3-2(4,5)1(6)7/h6-7,9,13,18H,2-5,8H2,1H3;(H,6,7)/t9-,13+;/m0./s1. The lowest BCUT2D eigenvalue weighted by Crippen LogP contribution is -2.51. The molecule has 2 atom stereocenters. The maximum atomic E-state index is 12.6. The smallest absolute Gasteiger partial charge is 0.475 e. The van der Waals surface area contributed by atoms with Gasteiger partial charge in [0.15, 0.2) is 0 Å². The third-order valence-electron chi connectivity index (χ3n) is 4.42. The fourth-order valence-electron chi connectivity index (χ4n) is 3.11. The third-order valence-corrected chi connectivity index (χ3v) is 4.95. The number of fused-ring (bicyclic) bond motifs is 1. The minimum absolute atomic E-state index is 0.0337. The minimum atomic E-state index is -5.08. The molecule has 0 radical (unpaired) electrons. The average molecular weight is 443 g/mol.